The predicted molar refractivity (Wildman–Crippen MR) is 138 cm³/mol. The third-order valence-corrected chi connectivity index (χ3v) is 8.31. The fourth-order valence-corrected chi connectivity index (χ4v) is 6.02. The van der Waals surface area contributed by atoms with E-state index in [2.05, 4.69) is 18.7 Å². The van der Waals surface area contributed by atoms with E-state index in [-0.39, 0.29) is 10.6 Å². The van der Waals surface area contributed by atoms with Gasteiger partial charge >= 0.3 is 6.36 Å². The molecule has 192 valence electrons. The van der Waals surface area contributed by atoms with Crippen molar-refractivity contribution >= 4 is 44.5 Å². The molecule has 1 atom stereocenters. The van der Waals surface area contributed by atoms with Crippen molar-refractivity contribution in [3.8, 4) is 5.75 Å². The van der Waals surface area contributed by atoms with Crippen LogP contribution in [-0.2, 0) is 22.8 Å². The molecule has 0 fully saturated rings. The number of benzene rings is 3. The Kier molecular flexibility index (Phi) is 8.04. The monoisotopic (exact) mass is 557 g/mol. The number of fused-ring (bicyclic) bond motifs is 2. The number of hydrogen-bond acceptors (Lipinski definition) is 4. The standard InChI is InChI=1S/C25H24Cl2F3N3O2S/c1-31-36(34,22-9-7-21(8-10-22)35-25(28,29)30)32-13-2-14-33-23-11-5-19(26)15-17(23)3-4-18-16-20(27)6-12-24(18)33/h5-12,15-16H,2-4,13-14H2,1H3,(H,31,32,34). The maximum atomic E-state index is 13.3. The summed E-state index contributed by atoms with van der Waals surface area (Å²) in [7, 11) is -1.62. The van der Waals surface area contributed by atoms with Crippen molar-refractivity contribution in [1.82, 2.24) is 4.72 Å². The average Bonchev–Trinajstić information content (AvgIpc) is 2.97. The summed E-state index contributed by atoms with van der Waals surface area (Å²) >= 11 is 12.5. The van der Waals surface area contributed by atoms with Crippen molar-refractivity contribution in [3.05, 3.63) is 81.8 Å². The number of alkyl halides is 3. The fourth-order valence-electron chi connectivity index (χ4n) is 4.20. The lowest BCUT2D eigenvalue weighted by Gasteiger charge is -2.27. The summed E-state index contributed by atoms with van der Waals surface area (Å²) < 4.78 is 61.5. The van der Waals surface area contributed by atoms with Gasteiger partial charge in [0.05, 0.1) is 4.90 Å². The second-order valence-electron chi connectivity index (χ2n) is 8.17. The minimum atomic E-state index is -4.79. The molecule has 3 aromatic carbocycles. The number of aryl methyl sites for hydroxylation is 2. The van der Waals surface area contributed by atoms with E-state index in [0.717, 1.165) is 47.5 Å². The van der Waals surface area contributed by atoms with Crippen LogP contribution in [0.2, 0.25) is 10.0 Å². The first-order chi connectivity index (χ1) is 17.1. The van der Waals surface area contributed by atoms with Crippen molar-refractivity contribution in [3.63, 3.8) is 0 Å². The van der Waals surface area contributed by atoms with Gasteiger partial charge in [-0.1, -0.05) is 23.2 Å². The quantitative estimate of drug-likeness (QED) is 0.313. The van der Waals surface area contributed by atoms with Gasteiger partial charge in [0.15, 0.2) is 0 Å². The van der Waals surface area contributed by atoms with Crippen LogP contribution in [0, 0.1) is 0 Å². The normalized spacial score (nSPS) is 14.9. The lowest BCUT2D eigenvalue weighted by Crippen LogP contribution is -2.28. The number of hydrogen-bond donors (Lipinski definition) is 1. The van der Waals surface area contributed by atoms with Gasteiger partial charge in [-0.05, 0) is 91.1 Å². The summed E-state index contributed by atoms with van der Waals surface area (Å²) in [6.45, 7) is 0.979. The zero-order valence-electron chi connectivity index (χ0n) is 19.3. The first-order valence-corrected chi connectivity index (χ1v) is 13.5. The number of ether oxygens (including phenoxy) is 1. The summed E-state index contributed by atoms with van der Waals surface area (Å²) in [6, 6.07) is 16.6. The number of nitrogens with one attached hydrogen (secondary N) is 1. The molecule has 0 amide bonds. The van der Waals surface area contributed by atoms with E-state index in [1.807, 2.05) is 36.4 Å². The van der Waals surface area contributed by atoms with E-state index in [1.54, 1.807) is 0 Å². The fraction of sp³-hybridized carbons (Fsp3) is 0.280. The Morgan fingerprint density at radius 1 is 0.972 bits per heavy atom. The SMILES string of the molecule is CN=S(=O)(NCCCN1c2ccc(Cl)cc2CCc2cc(Cl)ccc21)c1ccc(OC(F)(F)F)cc1. The van der Waals surface area contributed by atoms with Crippen LogP contribution in [0.1, 0.15) is 17.5 Å². The molecule has 11 heteroatoms. The Hall–Kier alpha value is -2.46. The molecular weight excluding hydrogens is 534 g/mol. The molecule has 4 rings (SSSR count). The van der Waals surface area contributed by atoms with Crippen LogP contribution < -0.4 is 14.4 Å². The van der Waals surface area contributed by atoms with Crippen molar-refractivity contribution in [2.24, 2.45) is 4.36 Å². The van der Waals surface area contributed by atoms with Crippen LogP contribution in [0.25, 0.3) is 0 Å². The van der Waals surface area contributed by atoms with Gasteiger partial charge in [0, 0.05) is 41.6 Å². The molecule has 1 aliphatic rings. The van der Waals surface area contributed by atoms with Crippen LogP contribution in [0.4, 0.5) is 24.5 Å². The molecule has 0 saturated carbocycles. The molecule has 1 unspecified atom stereocenters. The van der Waals surface area contributed by atoms with Crippen LogP contribution in [0.15, 0.2) is 69.9 Å². The smallest absolute Gasteiger partial charge is 0.406 e. The van der Waals surface area contributed by atoms with E-state index in [4.69, 9.17) is 23.2 Å². The van der Waals surface area contributed by atoms with Gasteiger partial charge < -0.3 is 9.64 Å². The van der Waals surface area contributed by atoms with Crippen molar-refractivity contribution in [2.45, 2.75) is 30.5 Å². The van der Waals surface area contributed by atoms with Gasteiger partial charge in [-0.2, -0.15) is 0 Å². The summed E-state index contributed by atoms with van der Waals surface area (Å²) in [5.41, 5.74) is 4.39. The zero-order chi connectivity index (χ0) is 25.9. The molecular formula is C25H24Cl2F3N3O2S. The van der Waals surface area contributed by atoms with E-state index in [9.17, 15) is 17.4 Å². The molecule has 0 spiro atoms. The largest absolute Gasteiger partial charge is 0.573 e. The van der Waals surface area contributed by atoms with Crippen LogP contribution in [-0.4, -0.2) is 30.7 Å². The van der Waals surface area contributed by atoms with Crippen molar-refractivity contribution < 1.29 is 22.1 Å². The van der Waals surface area contributed by atoms with E-state index >= 15 is 0 Å². The first kappa shape index (κ1) is 26.6. The Morgan fingerprint density at radius 3 is 2.03 bits per heavy atom. The molecule has 1 aliphatic heterocycles. The Morgan fingerprint density at radius 2 is 1.53 bits per heavy atom. The van der Waals surface area contributed by atoms with Gasteiger partial charge in [0.2, 0.25) is 0 Å². The molecule has 0 aromatic heterocycles. The summed E-state index contributed by atoms with van der Waals surface area (Å²) in [4.78, 5) is 2.48. The topological polar surface area (TPSA) is 53.9 Å². The third-order valence-electron chi connectivity index (χ3n) is 5.82. The van der Waals surface area contributed by atoms with Crippen molar-refractivity contribution in [1.29, 1.82) is 0 Å². The summed E-state index contributed by atoms with van der Waals surface area (Å²) in [6.07, 6.45) is -2.52. The number of nitrogens with zero attached hydrogens (tertiary/aromatic N) is 2. The van der Waals surface area contributed by atoms with E-state index < -0.39 is 16.3 Å². The highest BCUT2D eigenvalue weighted by Crippen LogP contribution is 2.38. The van der Waals surface area contributed by atoms with Crippen molar-refractivity contribution in [2.75, 3.05) is 25.0 Å². The van der Waals surface area contributed by atoms with Crippen LogP contribution in [0.5, 0.6) is 5.75 Å². The lowest BCUT2D eigenvalue weighted by molar-refractivity contribution is -0.274. The Labute approximate surface area is 218 Å². The van der Waals surface area contributed by atoms with Gasteiger partial charge in [-0.15, -0.1) is 13.2 Å². The second-order valence-corrected chi connectivity index (χ2v) is 11.2. The highest BCUT2D eigenvalue weighted by atomic mass is 35.5. The van der Waals surface area contributed by atoms with E-state index in [0.29, 0.717) is 29.6 Å². The molecule has 1 heterocycles. The highest BCUT2D eigenvalue weighted by Gasteiger charge is 2.31. The minimum Gasteiger partial charge on any atom is -0.406 e. The van der Waals surface area contributed by atoms with E-state index in [1.165, 1.54) is 19.2 Å². The minimum absolute atomic E-state index is 0.272. The number of halogens is 5. The molecule has 0 saturated heterocycles. The molecule has 1 N–H and O–H groups in total. The third kappa shape index (κ3) is 6.26. The number of anilines is 2. The molecule has 0 aliphatic carbocycles. The van der Waals surface area contributed by atoms with Gasteiger partial charge in [0.1, 0.15) is 15.7 Å². The Bertz CT molecular complexity index is 1300. The average molecular weight is 558 g/mol. The molecule has 3 aromatic rings. The predicted octanol–water partition coefficient (Wildman–Crippen LogP) is 7.18. The van der Waals surface area contributed by atoms with Gasteiger partial charge in [-0.3, -0.25) is 0 Å². The molecule has 36 heavy (non-hydrogen) atoms. The molecule has 0 radical (unpaired) electrons. The number of rotatable bonds is 7. The maximum absolute atomic E-state index is 13.3. The zero-order valence-corrected chi connectivity index (χ0v) is 21.6. The maximum Gasteiger partial charge on any atom is 0.573 e. The van der Waals surface area contributed by atoms with Gasteiger partial charge in [0.25, 0.3) is 0 Å². The Balaban J connectivity index is 1.48. The second kappa shape index (κ2) is 10.9. The first-order valence-electron chi connectivity index (χ1n) is 11.2. The molecule has 0 bridgehead atoms. The molecule has 5 nitrogen and oxygen atoms in total. The highest BCUT2D eigenvalue weighted by molar-refractivity contribution is 7.91. The lowest BCUT2D eigenvalue weighted by atomic mass is 10.0. The van der Waals surface area contributed by atoms with Gasteiger partial charge in [-0.25, -0.2) is 13.3 Å². The van der Waals surface area contributed by atoms with Crippen LogP contribution >= 0.6 is 23.2 Å². The summed E-state index contributed by atoms with van der Waals surface area (Å²) in [5, 5.41) is 1.35. The summed E-state index contributed by atoms with van der Waals surface area (Å²) in [5.74, 6) is -0.386. The van der Waals surface area contributed by atoms with Crippen LogP contribution in [0.3, 0.4) is 0 Å².